The molecular formula is C39H36F4N8O6. The first-order chi connectivity index (χ1) is 27.2. The summed E-state index contributed by atoms with van der Waals surface area (Å²) >= 11 is 0. The Morgan fingerprint density at radius 3 is 2.47 bits per heavy atom. The number of oxazole rings is 1. The molecule has 14 nitrogen and oxygen atoms in total. The lowest BCUT2D eigenvalue weighted by Crippen LogP contribution is -2.47. The average Bonchev–Trinajstić information content (AvgIpc) is 3.83. The summed E-state index contributed by atoms with van der Waals surface area (Å²) in [6.45, 7) is 7.27. The molecule has 5 heterocycles. The van der Waals surface area contributed by atoms with E-state index in [9.17, 15) is 27.6 Å². The number of piperidine rings is 1. The molecule has 57 heavy (non-hydrogen) atoms. The van der Waals surface area contributed by atoms with E-state index in [4.69, 9.17) is 18.9 Å². The van der Waals surface area contributed by atoms with Crippen molar-refractivity contribution < 1.29 is 45.6 Å². The zero-order valence-electron chi connectivity index (χ0n) is 30.9. The van der Waals surface area contributed by atoms with E-state index in [0.29, 0.717) is 58.9 Å². The van der Waals surface area contributed by atoms with E-state index < -0.39 is 46.4 Å². The molecule has 18 heteroatoms. The van der Waals surface area contributed by atoms with E-state index in [-0.39, 0.29) is 37.0 Å². The molecule has 8 rings (SSSR count). The molecule has 5 aromatic rings. The quantitative estimate of drug-likeness (QED) is 0.152. The lowest BCUT2D eigenvalue weighted by molar-refractivity contribution is -0.138. The molecule has 1 unspecified atom stereocenters. The van der Waals surface area contributed by atoms with Crippen LogP contribution in [0.15, 0.2) is 57.5 Å². The number of carbonyl (C=O) groups excluding carboxylic acids is 3. The third-order valence-electron chi connectivity index (χ3n) is 10.8. The van der Waals surface area contributed by atoms with Crippen LogP contribution in [-0.2, 0) is 27.1 Å². The summed E-state index contributed by atoms with van der Waals surface area (Å²) < 4.78 is 73.6. The number of fused-ring (bicyclic) bond motifs is 2. The number of amides is 3. The number of aromatic nitrogens is 2. The normalized spacial score (nSPS) is 19.5. The summed E-state index contributed by atoms with van der Waals surface area (Å²) in [4.78, 5) is 49.3. The van der Waals surface area contributed by atoms with Gasteiger partial charge in [-0.05, 0) is 56.7 Å². The van der Waals surface area contributed by atoms with Crippen LogP contribution in [-0.4, -0.2) is 89.2 Å². The molecule has 3 amide bonds. The Hall–Kier alpha value is -6.06. The minimum atomic E-state index is -4.79. The van der Waals surface area contributed by atoms with Crippen molar-refractivity contribution in [3.05, 3.63) is 77.1 Å². The Labute approximate surface area is 322 Å². The zero-order valence-corrected chi connectivity index (χ0v) is 30.9. The number of nitrogens with zero attached hydrogens (tertiary/aromatic N) is 7. The number of piperazine rings is 1. The summed E-state index contributed by atoms with van der Waals surface area (Å²) in [6, 6.07) is 12.5. The highest BCUT2D eigenvalue weighted by atomic mass is 19.4. The molecule has 0 aliphatic carbocycles. The van der Waals surface area contributed by atoms with Crippen LogP contribution in [0.25, 0.3) is 22.1 Å². The molecule has 0 spiro atoms. The van der Waals surface area contributed by atoms with Gasteiger partial charge in [0.1, 0.15) is 23.4 Å². The van der Waals surface area contributed by atoms with Crippen LogP contribution in [0.1, 0.15) is 55.3 Å². The van der Waals surface area contributed by atoms with Crippen molar-refractivity contribution in [3.63, 3.8) is 0 Å². The predicted octanol–water partition coefficient (Wildman–Crippen LogP) is 5.30. The number of halogens is 4. The highest BCUT2D eigenvalue weighted by Gasteiger charge is 2.47. The number of carbonyl (C=O) groups is 3. The molecular weight excluding hydrogens is 752 g/mol. The number of nitrogens with one attached hydrogen (secondary N) is 1. The maximum atomic E-state index is 15.4. The number of ether oxygens (including phenoxy) is 1. The van der Waals surface area contributed by atoms with Crippen molar-refractivity contribution in [2.75, 3.05) is 55.8 Å². The van der Waals surface area contributed by atoms with E-state index >= 15 is 4.39 Å². The Bertz CT molecular complexity index is 2450. The van der Waals surface area contributed by atoms with Crippen molar-refractivity contribution >= 4 is 51.2 Å². The van der Waals surface area contributed by atoms with Crippen LogP contribution in [0.2, 0.25) is 0 Å². The van der Waals surface area contributed by atoms with Crippen molar-refractivity contribution in [2.24, 2.45) is 0 Å². The second-order valence-electron chi connectivity index (χ2n) is 14.8. The molecule has 3 aliphatic heterocycles. The van der Waals surface area contributed by atoms with Crippen LogP contribution >= 0.6 is 0 Å². The van der Waals surface area contributed by atoms with Gasteiger partial charge in [0.15, 0.2) is 22.7 Å². The molecule has 3 aliphatic rings. The summed E-state index contributed by atoms with van der Waals surface area (Å²) in [5, 5.41) is 16.3. The van der Waals surface area contributed by atoms with Gasteiger partial charge in [0.25, 0.3) is 5.91 Å². The zero-order chi connectivity index (χ0) is 40.2. The van der Waals surface area contributed by atoms with Crippen LogP contribution in [0.5, 0.6) is 5.75 Å². The first-order valence-electron chi connectivity index (χ1n) is 18.3. The topological polar surface area (TPSA) is 161 Å². The van der Waals surface area contributed by atoms with Crippen molar-refractivity contribution in [1.29, 1.82) is 5.26 Å². The van der Waals surface area contributed by atoms with E-state index in [1.807, 2.05) is 0 Å². The number of nitriles is 1. The third-order valence-corrected chi connectivity index (χ3v) is 10.8. The second-order valence-corrected chi connectivity index (χ2v) is 14.8. The van der Waals surface area contributed by atoms with Crippen LogP contribution in [0.3, 0.4) is 0 Å². The summed E-state index contributed by atoms with van der Waals surface area (Å²) in [6.07, 6.45) is -4.21. The van der Waals surface area contributed by atoms with Gasteiger partial charge in [0, 0.05) is 68.0 Å². The molecule has 2 aromatic heterocycles. The Morgan fingerprint density at radius 2 is 1.75 bits per heavy atom. The van der Waals surface area contributed by atoms with E-state index in [2.05, 4.69) is 25.3 Å². The fraction of sp³-hybridized carbons (Fsp3) is 0.385. The Morgan fingerprint density at radius 1 is 1.00 bits per heavy atom. The maximum absolute atomic E-state index is 15.4. The SMILES string of the molecule is CC1(C)C(=O)N(c2ccc(C#N)c(C(F)(F)F)c2)CN1c1ccc(OCCN2CCN(Cc3nc4cc5c(C6CCC(=O)NC6=O)noc5cc4o3)CC2)c(F)c1. The number of benzene rings is 3. The number of hydrogen-bond acceptors (Lipinski definition) is 12. The molecule has 0 bridgehead atoms. The Balaban J connectivity index is 0.840. The van der Waals surface area contributed by atoms with Gasteiger partial charge in [-0.15, -0.1) is 0 Å². The molecule has 1 atom stereocenters. The van der Waals surface area contributed by atoms with Gasteiger partial charge in [0.05, 0.1) is 36.3 Å². The Kier molecular flexibility index (Phi) is 9.60. The predicted molar refractivity (Wildman–Crippen MR) is 195 cm³/mol. The molecule has 3 aromatic carbocycles. The average molecular weight is 789 g/mol. The molecule has 3 saturated heterocycles. The number of anilines is 2. The van der Waals surface area contributed by atoms with Crippen LogP contribution < -0.4 is 19.9 Å². The largest absolute Gasteiger partial charge is 0.489 e. The van der Waals surface area contributed by atoms with Crippen LogP contribution in [0.4, 0.5) is 28.9 Å². The fourth-order valence-electron chi connectivity index (χ4n) is 7.58. The van der Waals surface area contributed by atoms with Crippen molar-refractivity contribution in [2.45, 2.75) is 50.9 Å². The van der Waals surface area contributed by atoms with E-state index in [0.717, 1.165) is 38.3 Å². The van der Waals surface area contributed by atoms with Gasteiger partial charge in [-0.25, -0.2) is 9.37 Å². The van der Waals surface area contributed by atoms with Crippen molar-refractivity contribution in [1.82, 2.24) is 25.3 Å². The maximum Gasteiger partial charge on any atom is 0.417 e. The third kappa shape index (κ3) is 7.24. The first-order valence-corrected chi connectivity index (χ1v) is 18.3. The monoisotopic (exact) mass is 788 g/mol. The molecule has 296 valence electrons. The number of hydrogen-bond donors (Lipinski definition) is 1. The molecule has 1 N–H and O–H groups in total. The molecule has 3 fully saturated rings. The van der Waals surface area contributed by atoms with Gasteiger partial charge < -0.3 is 18.6 Å². The summed E-state index contributed by atoms with van der Waals surface area (Å²) in [5.41, 5.74) is -0.498. The summed E-state index contributed by atoms with van der Waals surface area (Å²) in [5.74, 6) is -1.86. The van der Waals surface area contributed by atoms with Gasteiger partial charge >= 0.3 is 6.18 Å². The second kappa shape index (κ2) is 14.5. The smallest absolute Gasteiger partial charge is 0.417 e. The molecule has 0 radical (unpaired) electrons. The van der Waals surface area contributed by atoms with E-state index in [1.165, 1.54) is 29.2 Å². The number of imide groups is 1. The van der Waals surface area contributed by atoms with Gasteiger partial charge in [0.2, 0.25) is 17.7 Å². The van der Waals surface area contributed by atoms with E-state index in [1.54, 1.807) is 36.9 Å². The lowest BCUT2D eigenvalue weighted by Gasteiger charge is -2.33. The summed E-state index contributed by atoms with van der Waals surface area (Å²) in [7, 11) is 0. The van der Waals surface area contributed by atoms with Crippen molar-refractivity contribution in [3.8, 4) is 11.8 Å². The van der Waals surface area contributed by atoms with Crippen LogP contribution in [0, 0.1) is 17.1 Å². The lowest BCUT2D eigenvalue weighted by atomic mass is 9.93. The minimum Gasteiger partial charge on any atom is -0.489 e. The van der Waals surface area contributed by atoms with Gasteiger partial charge in [-0.3, -0.25) is 34.4 Å². The van der Waals surface area contributed by atoms with Gasteiger partial charge in [-0.2, -0.15) is 18.4 Å². The fourth-order valence-corrected chi connectivity index (χ4v) is 7.58. The highest BCUT2D eigenvalue weighted by molar-refractivity contribution is 6.06. The molecule has 0 saturated carbocycles. The highest BCUT2D eigenvalue weighted by Crippen LogP contribution is 2.39. The first kappa shape index (κ1) is 37.8. The van der Waals surface area contributed by atoms with Gasteiger partial charge in [-0.1, -0.05) is 5.16 Å². The number of rotatable bonds is 9. The number of alkyl halides is 3. The standard InChI is InChI=1S/C39H36F4N8O6/c1-38(2)37(54)50(23-4-3-22(19-44)27(15-23)39(41,42)43)21-51(38)24-5-7-30(28(40)16-24)55-14-13-48-9-11-49(12-10-48)20-34-45-29-17-26-31(18-32(29)56-34)57-47-35(26)25-6-8-33(52)46-36(25)53/h3-5,7,15-18,25H,6,8-14,20-21H2,1-2H3,(H,46,52,53). The minimum absolute atomic E-state index is 0.0214.